The maximum Gasteiger partial charge on any atom is 0.410 e. The lowest BCUT2D eigenvalue weighted by Gasteiger charge is -2.34. The van der Waals surface area contributed by atoms with Crippen LogP contribution in [-0.4, -0.2) is 44.4 Å². The van der Waals surface area contributed by atoms with Crippen molar-refractivity contribution in [3.8, 4) is 0 Å². The molecule has 0 N–H and O–H groups in total. The number of carbonyl (C=O) groups is 1. The Balaban J connectivity index is 1.82. The lowest BCUT2D eigenvalue weighted by molar-refractivity contribution is 0.0169. The summed E-state index contributed by atoms with van der Waals surface area (Å²) < 4.78 is 8.28. The predicted molar refractivity (Wildman–Crippen MR) is 91.3 cm³/mol. The van der Waals surface area contributed by atoms with Gasteiger partial charge in [0.15, 0.2) is 0 Å². The Hall–Kier alpha value is -1.63. The standard InChI is InChI=1S/C16H21BrN4O2/c1-16(2,3)23-15(22)20-8-4-5-11(10-20)21-13-6-7-18-9-12(13)14(17)19-21/h6-7,9,11H,4-5,8,10H2,1-3H3. The number of fused-ring (bicyclic) bond motifs is 1. The fourth-order valence-corrected chi connectivity index (χ4v) is 3.35. The van der Waals surface area contributed by atoms with E-state index in [-0.39, 0.29) is 12.1 Å². The van der Waals surface area contributed by atoms with Crippen molar-refractivity contribution in [3.63, 3.8) is 0 Å². The van der Waals surface area contributed by atoms with E-state index >= 15 is 0 Å². The number of hydrogen-bond donors (Lipinski definition) is 0. The van der Waals surface area contributed by atoms with Crippen LogP contribution in [0.2, 0.25) is 0 Å². The lowest BCUT2D eigenvalue weighted by atomic mass is 10.1. The molecule has 1 saturated heterocycles. The molecule has 3 heterocycles. The molecule has 0 spiro atoms. The van der Waals surface area contributed by atoms with Crippen molar-refractivity contribution in [1.82, 2.24) is 19.7 Å². The molecule has 1 unspecified atom stereocenters. The minimum Gasteiger partial charge on any atom is -0.444 e. The smallest absolute Gasteiger partial charge is 0.410 e. The lowest BCUT2D eigenvalue weighted by Crippen LogP contribution is -2.43. The van der Waals surface area contributed by atoms with Gasteiger partial charge in [0.1, 0.15) is 10.2 Å². The second-order valence-electron chi connectivity index (χ2n) is 6.85. The van der Waals surface area contributed by atoms with Crippen LogP contribution in [0.15, 0.2) is 23.1 Å². The van der Waals surface area contributed by atoms with Crippen LogP contribution in [0.3, 0.4) is 0 Å². The molecular formula is C16H21BrN4O2. The first-order chi connectivity index (χ1) is 10.8. The Kier molecular flexibility index (Phi) is 4.31. The summed E-state index contributed by atoms with van der Waals surface area (Å²) in [5.74, 6) is 0. The highest BCUT2D eigenvalue weighted by atomic mass is 79.9. The van der Waals surface area contributed by atoms with Gasteiger partial charge in [0.05, 0.1) is 16.9 Å². The van der Waals surface area contributed by atoms with E-state index in [9.17, 15) is 4.79 Å². The molecule has 1 fully saturated rings. The van der Waals surface area contributed by atoms with Crippen LogP contribution in [0.5, 0.6) is 0 Å². The minimum atomic E-state index is -0.475. The van der Waals surface area contributed by atoms with Crippen molar-refractivity contribution in [2.45, 2.75) is 45.3 Å². The highest BCUT2D eigenvalue weighted by Gasteiger charge is 2.29. The first kappa shape index (κ1) is 16.2. The summed E-state index contributed by atoms with van der Waals surface area (Å²) in [6, 6.07) is 2.10. The number of nitrogens with zero attached hydrogens (tertiary/aromatic N) is 4. The first-order valence-corrected chi connectivity index (χ1v) is 8.60. The Labute approximate surface area is 143 Å². The number of ether oxygens (including phenoxy) is 1. The molecule has 1 aliphatic heterocycles. The molecule has 1 amide bonds. The van der Waals surface area contributed by atoms with E-state index in [1.807, 2.05) is 31.5 Å². The highest BCUT2D eigenvalue weighted by molar-refractivity contribution is 9.10. The van der Waals surface area contributed by atoms with Crippen LogP contribution in [0.4, 0.5) is 4.79 Å². The third kappa shape index (κ3) is 3.49. The van der Waals surface area contributed by atoms with Gasteiger partial charge >= 0.3 is 6.09 Å². The molecule has 1 aliphatic rings. The summed E-state index contributed by atoms with van der Waals surface area (Å²) in [5.41, 5.74) is 0.555. The van der Waals surface area contributed by atoms with E-state index in [4.69, 9.17) is 4.74 Å². The van der Waals surface area contributed by atoms with Crippen LogP contribution in [0, 0.1) is 0 Å². The van der Waals surface area contributed by atoms with Crippen molar-refractivity contribution in [2.75, 3.05) is 13.1 Å². The van der Waals surface area contributed by atoms with Gasteiger partial charge in [-0.2, -0.15) is 5.10 Å². The van der Waals surface area contributed by atoms with Crippen molar-refractivity contribution < 1.29 is 9.53 Å². The molecule has 0 bridgehead atoms. The maximum absolute atomic E-state index is 12.3. The average Bonchev–Trinajstić information content (AvgIpc) is 2.83. The first-order valence-electron chi connectivity index (χ1n) is 7.81. The van der Waals surface area contributed by atoms with Crippen molar-refractivity contribution in [2.24, 2.45) is 0 Å². The van der Waals surface area contributed by atoms with E-state index in [0.717, 1.165) is 34.9 Å². The molecule has 7 heteroatoms. The highest BCUT2D eigenvalue weighted by Crippen LogP contribution is 2.29. The molecule has 0 radical (unpaired) electrons. The average molecular weight is 381 g/mol. The van der Waals surface area contributed by atoms with E-state index in [1.165, 1.54) is 0 Å². The van der Waals surface area contributed by atoms with E-state index < -0.39 is 5.60 Å². The van der Waals surface area contributed by atoms with Crippen LogP contribution in [0.1, 0.15) is 39.7 Å². The third-order valence-electron chi connectivity index (χ3n) is 3.86. The Bertz CT molecular complexity index is 722. The zero-order valence-electron chi connectivity index (χ0n) is 13.6. The van der Waals surface area contributed by atoms with Crippen LogP contribution >= 0.6 is 15.9 Å². The molecule has 6 nitrogen and oxygen atoms in total. The molecule has 23 heavy (non-hydrogen) atoms. The van der Waals surface area contributed by atoms with Gasteiger partial charge in [-0.15, -0.1) is 0 Å². The van der Waals surface area contributed by atoms with Crippen LogP contribution in [-0.2, 0) is 4.74 Å². The van der Waals surface area contributed by atoms with Crippen molar-refractivity contribution in [3.05, 3.63) is 23.1 Å². The van der Waals surface area contributed by atoms with Gasteiger partial charge in [-0.25, -0.2) is 4.79 Å². The van der Waals surface area contributed by atoms with Gasteiger partial charge in [-0.05, 0) is 55.6 Å². The van der Waals surface area contributed by atoms with Crippen LogP contribution in [0.25, 0.3) is 10.9 Å². The topological polar surface area (TPSA) is 60.2 Å². The number of likely N-dealkylation sites (tertiary alicyclic amines) is 1. The molecule has 2 aromatic heterocycles. The van der Waals surface area contributed by atoms with Gasteiger partial charge in [-0.1, -0.05) is 0 Å². The summed E-state index contributed by atoms with van der Waals surface area (Å²) in [7, 11) is 0. The zero-order valence-corrected chi connectivity index (χ0v) is 15.2. The Morgan fingerprint density at radius 3 is 2.96 bits per heavy atom. The summed E-state index contributed by atoms with van der Waals surface area (Å²) >= 11 is 3.49. The molecule has 0 saturated carbocycles. The largest absolute Gasteiger partial charge is 0.444 e. The summed E-state index contributed by atoms with van der Waals surface area (Å²) in [6.07, 6.45) is 5.25. The number of piperidine rings is 1. The van der Waals surface area contributed by atoms with Crippen molar-refractivity contribution >= 4 is 32.9 Å². The Morgan fingerprint density at radius 2 is 2.22 bits per heavy atom. The molecule has 124 valence electrons. The van der Waals surface area contributed by atoms with E-state index in [2.05, 4.69) is 26.0 Å². The number of aromatic nitrogens is 3. The summed E-state index contributed by atoms with van der Waals surface area (Å²) in [4.78, 5) is 18.2. The number of rotatable bonds is 1. The normalized spacial score (nSPS) is 19.1. The van der Waals surface area contributed by atoms with Gasteiger partial charge in [0.25, 0.3) is 0 Å². The summed E-state index contributed by atoms with van der Waals surface area (Å²) in [6.45, 7) is 7.00. The molecular weight excluding hydrogens is 360 g/mol. The molecule has 1 atom stereocenters. The monoisotopic (exact) mass is 380 g/mol. The molecule has 0 aromatic carbocycles. The number of halogens is 1. The fourth-order valence-electron chi connectivity index (χ4n) is 2.87. The summed E-state index contributed by atoms with van der Waals surface area (Å²) in [5, 5.41) is 5.58. The number of hydrogen-bond acceptors (Lipinski definition) is 4. The van der Waals surface area contributed by atoms with Crippen molar-refractivity contribution in [1.29, 1.82) is 0 Å². The number of carbonyl (C=O) groups excluding carboxylic acids is 1. The van der Waals surface area contributed by atoms with E-state index in [1.54, 1.807) is 17.3 Å². The predicted octanol–water partition coefficient (Wildman–Crippen LogP) is 3.77. The minimum absolute atomic E-state index is 0.146. The zero-order chi connectivity index (χ0) is 16.6. The SMILES string of the molecule is CC(C)(C)OC(=O)N1CCCC(n2nc(Br)c3cnccc32)C1. The second kappa shape index (κ2) is 6.11. The third-order valence-corrected chi connectivity index (χ3v) is 4.44. The molecule has 3 rings (SSSR count). The number of amides is 1. The van der Waals surface area contributed by atoms with Gasteiger partial charge in [0, 0.05) is 25.5 Å². The molecule has 2 aromatic rings. The quantitative estimate of drug-likeness (QED) is 0.755. The van der Waals surface area contributed by atoms with Crippen LogP contribution < -0.4 is 0 Å². The Morgan fingerprint density at radius 1 is 1.43 bits per heavy atom. The molecule has 0 aliphatic carbocycles. The van der Waals surface area contributed by atoms with Gasteiger partial charge < -0.3 is 9.64 Å². The van der Waals surface area contributed by atoms with Gasteiger partial charge in [0.2, 0.25) is 0 Å². The number of pyridine rings is 1. The maximum atomic E-state index is 12.3. The van der Waals surface area contributed by atoms with Gasteiger partial charge in [-0.3, -0.25) is 9.67 Å². The second-order valence-corrected chi connectivity index (χ2v) is 7.60. The fraction of sp³-hybridized carbons (Fsp3) is 0.562. The van der Waals surface area contributed by atoms with E-state index in [0.29, 0.717) is 6.54 Å².